The molecule has 0 N–H and O–H groups in total. The van der Waals surface area contributed by atoms with E-state index in [4.69, 9.17) is 0 Å². The molecule has 0 saturated carbocycles. The number of rotatable bonds is 0. The van der Waals surface area contributed by atoms with Crippen molar-refractivity contribution in [3.63, 3.8) is 0 Å². The average molecular weight is 210 g/mol. The molecule has 3 aliphatic rings. The van der Waals surface area contributed by atoms with Gasteiger partial charge in [0.25, 0.3) is 0 Å². The molecule has 0 aromatic rings. The molecule has 0 saturated heterocycles. The van der Waals surface area contributed by atoms with E-state index < -0.39 is 0 Å². The van der Waals surface area contributed by atoms with Crippen LogP contribution in [0, 0.1) is 11.8 Å². The normalized spacial score (nSPS) is 31.9. The van der Waals surface area contributed by atoms with E-state index in [0.717, 1.165) is 0 Å². The molecule has 0 aliphatic heterocycles. The first-order chi connectivity index (χ1) is 7.77. The van der Waals surface area contributed by atoms with Gasteiger partial charge in [0.2, 0.25) is 0 Å². The fraction of sp³-hybridized carbons (Fsp3) is 0.375. The molecule has 2 atom stereocenters. The Hall–Kier alpha value is -1.30. The Morgan fingerprint density at radius 2 is 2.06 bits per heavy atom. The molecule has 3 aliphatic carbocycles. The molecule has 0 heteroatoms. The first-order valence-corrected chi connectivity index (χ1v) is 6.23. The number of hydrogen-bond acceptors (Lipinski definition) is 0. The van der Waals surface area contributed by atoms with E-state index in [1.165, 1.54) is 24.0 Å². The van der Waals surface area contributed by atoms with Gasteiger partial charge in [0.15, 0.2) is 0 Å². The number of allylic oxidation sites excluding steroid dienone is 10. The van der Waals surface area contributed by atoms with Crippen molar-refractivity contribution < 1.29 is 0 Å². The van der Waals surface area contributed by atoms with Gasteiger partial charge in [-0.2, -0.15) is 0 Å². The summed E-state index contributed by atoms with van der Waals surface area (Å²) in [7, 11) is 0. The van der Waals surface area contributed by atoms with Gasteiger partial charge in [0.1, 0.15) is 0 Å². The molecule has 0 fully saturated rings. The SMILES string of the molecule is CC1=C2C(=C3C=CC=CC3C1)C=CCC2C. The second-order valence-corrected chi connectivity index (χ2v) is 5.16. The second kappa shape index (κ2) is 3.62. The summed E-state index contributed by atoms with van der Waals surface area (Å²) in [6, 6.07) is 0. The molecule has 0 aromatic carbocycles. The van der Waals surface area contributed by atoms with Crippen LogP contribution in [0.5, 0.6) is 0 Å². The Kier molecular flexibility index (Phi) is 2.24. The minimum Gasteiger partial charge on any atom is -0.0833 e. The van der Waals surface area contributed by atoms with Gasteiger partial charge in [-0.25, -0.2) is 0 Å². The van der Waals surface area contributed by atoms with Gasteiger partial charge in [-0.15, -0.1) is 0 Å². The highest BCUT2D eigenvalue weighted by Crippen LogP contribution is 2.43. The molecule has 82 valence electrons. The van der Waals surface area contributed by atoms with Gasteiger partial charge in [-0.05, 0) is 42.4 Å². The van der Waals surface area contributed by atoms with Crippen LogP contribution in [0.1, 0.15) is 26.7 Å². The highest BCUT2D eigenvalue weighted by molar-refractivity contribution is 5.57. The van der Waals surface area contributed by atoms with E-state index >= 15 is 0 Å². The summed E-state index contributed by atoms with van der Waals surface area (Å²) in [5, 5.41) is 0. The molecule has 0 aromatic heterocycles. The minimum absolute atomic E-state index is 0.624. The molecule has 0 spiro atoms. The minimum atomic E-state index is 0.624. The predicted octanol–water partition coefficient (Wildman–Crippen LogP) is 4.34. The van der Waals surface area contributed by atoms with Crippen LogP contribution in [0.2, 0.25) is 0 Å². The maximum Gasteiger partial charge on any atom is 0.00644 e. The Balaban J connectivity index is 2.19. The second-order valence-electron chi connectivity index (χ2n) is 5.16. The smallest absolute Gasteiger partial charge is 0.00644 e. The van der Waals surface area contributed by atoms with Crippen molar-refractivity contribution in [1.29, 1.82) is 0 Å². The van der Waals surface area contributed by atoms with Crippen LogP contribution < -0.4 is 0 Å². The van der Waals surface area contributed by atoms with Crippen molar-refractivity contribution in [2.24, 2.45) is 11.8 Å². The topological polar surface area (TPSA) is 0 Å². The highest BCUT2D eigenvalue weighted by atomic mass is 14.3. The maximum absolute atomic E-state index is 2.35. The lowest BCUT2D eigenvalue weighted by atomic mass is 9.71. The Morgan fingerprint density at radius 1 is 1.19 bits per heavy atom. The quantitative estimate of drug-likeness (QED) is 0.558. The zero-order chi connectivity index (χ0) is 11.1. The summed E-state index contributed by atoms with van der Waals surface area (Å²) in [6.45, 7) is 4.67. The lowest BCUT2D eigenvalue weighted by molar-refractivity contribution is 0.634. The lowest BCUT2D eigenvalue weighted by Crippen LogP contribution is -2.18. The molecule has 0 heterocycles. The van der Waals surface area contributed by atoms with E-state index in [2.05, 4.69) is 50.3 Å². The largest absolute Gasteiger partial charge is 0.0833 e. The zero-order valence-corrected chi connectivity index (χ0v) is 10.0. The highest BCUT2D eigenvalue weighted by Gasteiger charge is 2.28. The van der Waals surface area contributed by atoms with Crippen LogP contribution in [0.15, 0.2) is 58.7 Å². The van der Waals surface area contributed by atoms with Crippen LogP contribution in [-0.4, -0.2) is 0 Å². The molecule has 2 unspecified atom stereocenters. The molecular formula is C16H18. The van der Waals surface area contributed by atoms with Crippen molar-refractivity contribution in [3.05, 3.63) is 58.7 Å². The van der Waals surface area contributed by atoms with E-state index in [1.807, 2.05) is 0 Å². The summed E-state index contributed by atoms with van der Waals surface area (Å²) < 4.78 is 0. The first kappa shape index (κ1) is 9.89. The third-order valence-electron chi connectivity index (χ3n) is 3.98. The van der Waals surface area contributed by atoms with E-state index in [-0.39, 0.29) is 0 Å². The van der Waals surface area contributed by atoms with Gasteiger partial charge < -0.3 is 0 Å². The maximum atomic E-state index is 2.35. The third kappa shape index (κ3) is 1.36. The van der Waals surface area contributed by atoms with Crippen LogP contribution in [0.4, 0.5) is 0 Å². The molecule has 0 nitrogen and oxygen atoms in total. The van der Waals surface area contributed by atoms with E-state index in [9.17, 15) is 0 Å². The van der Waals surface area contributed by atoms with Gasteiger partial charge in [-0.3, -0.25) is 0 Å². The summed E-state index contributed by atoms with van der Waals surface area (Å²) in [4.78, 5) is 0. The van der Waals surface area contributed by atoms with Gasteiger partial charge in [0, 0.05) is 5.92 Å². The molecule has 16 heavy (non-hydrogen) atoms. The third-order valence-corrected chi connectivity index (χ3v) is 3.98. The summed E-state index contributed by atoms with van der Waals surface area (Å²) >= 11 is 0. The molecule has 0 radical (unpaired) electrons. The van der Waals surface area contributed by atoms with Crippen molar-refractivity contribution in [2.75, 3.05) is 0 Å². The van der Waals surface area contributed by atoms with Gasteiger partial charge >= 0.3 is 0 Å². The van der Waals surface area contributed by atoms with Crippen LogP contribution in [0.25, 0.3) is 0 Å². The average Bonchev–Trinajstić information content (AvgIpc) is 2.29. The zero-order valence-electron chi connectivity index (χ0n) is 10.0. The lowest BCUT2D eigenvalue weighted by Gasteiger charge is -2.33. The Morgan fingerprint density at radius 3 is 2.94 bits per heavy atom. The summed E-state index contributed by atoms with van der Waals surface area (Å²) in [6.07, 6.45) is 16.1. The Labute approximate surface area is 97.7 Å². The number of hydrogen-bond donors (Lipinski definition) is 0. The van der Waals surface area contributed by atoms with E-state index in [0.29, 0.717) is 11.8 Å². The summed E-state index contributed by atoms with van der Waals surface area (Å²) in [5.41, 5.74) is 6.26. The molecular weight excluding hydrogens is 192 g/mol. The Bertz CT molecular complexity index is 466. The van der Waals surface area contributed by atoms with Crippen molar-refractivity contribution in [1.82, 2.24) is 0 Å². The molecule has 0 bridgehead atoms. The van der Waals surface area contributed by atoms with Gasteiger partial charge in [0.05, 0.1) is 0 Å². The fourth-order valence-corrected chi connectivity index (χ4v) is 3.26. The predicted molar refractivity (Wildman–Crippen MR) is 69.0 cm³/mol. The van der Waals surface area contributed by atoms with Crippen LogP contribution >= 0.6 is 0 Å². The standard InChI is InChI=1S/C16H18/c1-11-6-5-9-15-14-8-4-3-7-13(14)10-12(2)16(11)15/h3-5,7-9,11,13H,6,10H2,1-2H3. The monoisotopic (exact) mass is 210 g/mol. The summed E-state index contributed by atoms with van der Waals surface area (Å²) in [5.74, 6) is 1.33. The van der Waals surface area contributed by atoms with Crippen molar-refractivity contribution >= 4 is 0 Å². The number of fused-ring (bicyclic) bond motifs is 2. The van der Waals surface area contributed by atoms with Crippen LogP contribution in [-0.2, 0) is 0 Å². The van der Waals surface area contributed by atoms with Crippen molar-refractivity contribution in [2.45, 2.75) is 26.7 Å². The molecule has 3 rings (SSSR count). The van der Waals surface area contributed by atoms with Gasteiger partial charge in [-0.1, -0.05) is 49.0 Å². The molecule has 0 amide bonds. The first-order valence-electron chi connectivity index (χ1n) is 6.23. The fourth-order valence-electron chi connectivity index (χ4n) is 3.26. The van der Waals surface area contributed by atoms with E-state index in [1.54, 1.807) is 11.1 Å². The van der Waals surface area contributed by atoms with Crippen molar-refractivity contribution in [3.8, 4) is 0 Å². The van der Waals surface area contributed by atoms with Crippen LogP contribution in [0.3, 0.4) is 0 Å².